The zero-order chi connectivity index (χ0) is 15.4. The molecule has 0 atom stereocenters. The Bertz CT molecular complexity index is 550. The number of hydrogen-bond acceptors (Lipinski definition) is 4. The molecule has 0 aliphatic heterocycles. The van der Waals surface area contributed by atoms with Gasteiger partial charge in [-0.05, 0) is 24.3 Å². The summed E-state index contributed by atoms with van der Waals surface area (Å²) in [5.41, 5.74) is 6.61. The summed E-state index contributed by atoms with van der Waals surface area (Å²) in [6.07, 6.45) is 0. The Morgan fingerprint density at radius 3 is 1.90 bits per heavy atom. The number of hydrogen-bond donors (Lipinski definition) is 4. The number of nitrogens with zero attached hydrogens (tertiary/aromatic N) is 1. The van der Waals surface area contributed by atoms with Crippen LogP contribution in [0.15, 0.2) is 54.6 Å². The topological polar surface area (TPSA) is 120 Å². The van der Waals surface area contributed by atoms with Crippen LogP contribution in [0.1, 0.15) is 11.1 Å². The molecule has 0 radical (unpaired) electrons. The Balaban J connectivity index is 0.000000321. The van der Waals surface area contributed by atoms with Gasteiger partial charge in [0.15, 0.2) is 0 Å². The summed E-state index contributed by atoms with van der Waals surface area (Å²) in [5, 5.41) is 22.5. The van der Waals surface area contributed by atoms with Crippen LogP contribution in [0.5, 0.6) is 0 Å². The van der Waals surface area contributed by atoms with E-state index in [4.69, 9.17) is 33.2 Å². The van der Waals surface area contributed by atoms with Gasteiger partial charge in [-0.3, -0.25) is 5.41 Å². The number of nitriles is 1. The fourth-order valence-corrected chi connectivity index (χ4v) is 1.27. The Morgan fingerprint density at radius 2 is 1.55 bits per heavy atom. The first-order chi connectivity index (χ1) is 9.63. The van der Waals surface area contributed by atoms with E-state index in [1.165, 1.54) is 0 Å². The molecular weight excluding hydrogens is 276 g/mol. The molecule has 0 bridgehead atoms. The summed E-state index contributed by atoms with van der Waals surface area (Å²) in [4.78, 5) is 0. The van der Waals surface area contributed by atoms with Gasteiger partial charge in [0, 0.05) is 10.6 Å². The number of benzene rings is 2. The predicted octanol–water partition coefficient (Wildman–Crippen LogP) is 2.52. The molecule has 0 saturated carbocycles. The van der Waals surface area contributed by atoms with Crippen molar-refractivity contribution in [2.24, 2.45) is 11.6 Å². The number of nitrogen functional groups attached to an aromatic ring is 1. The molecule has 6 heteroatoms. The zero-order valence-corrected chi connectivity index (χ0v) is 11.4. The van der Waals surface area contributed by atoms with Crippen molar-refractivity contribution in [2.75, 3.05) is 0 Å². The van der Waals surface area contributed by atoms with Gasteiger partial charge in [-0.25, -0.2) is 5.90 Å². The lowest BCUT2D eigenvalue weighted by atomic mass is 10.2. The normalized spacial score (nSPS) is 8.10. The Kier molecular flexibility index (Phi) is 9.27. The third-order valence-corrected chi connectivity index (χ3v) is 2.31. The van der Waals surface area contributed by atoms with Crippen molar-refractivity contribution in [3.05, 3.63) is 70.7 Å². The first-order valence-corrected chi connectivity index (χ1v) is 5.82. The number of amidine groups is 1. The number of nitrogens with two attached hydrogens (primary N) is 2. The SMILES string of the molecule is N#Cc1ccc(Cl)cc1.N=C(N)c1ccccc1.NO. The smallest absolute Gasteiger partial charge is 0.122 e. The fraction of sp³-hybridized carbons (Fsp3) is 0. The van der Waals surface area contributed by atoms with Crippen LogP contribution in [0.3, 0.4) is 0 Å². The highest BCUT2D eigenvalue weighted by molar-refractivity contribution is 6.30. The van der Waals surface area contributed by atoms with Crippen molar-refractivity contribution in [1.29, 1.82) is 10.7 Å². The first-order valence-electron chi connectivity index (χ1n) is 5.44. The number of rotatable bonds is 1. The van der Waals surface area contributed by atoms with E-state index in [1.54, 1.807) is 24.3 Å². The molecule has 6 N–H and O–H groups in total. The van der Waals surface area contributed by atoms with Gasteiger partial charge < -0.3 is 10.9 Å². The second kappa shape index (κ2) is 10.5. The van der Waals surface area contributed by atoms with Gasteiger partial charge in [-0.15, -0.1) is 0 Å². The van der Waals surface area contributed by atoms with E-state index in [0.29, 0.717) is 10.6 Å². The highest BCUT2D eigenvalue weighted by Gasteiger charge is 1.89. The molecule has 0 saturated heterocycles. The first kappa shape index (κ1) is 17.6. The van der Waals surface area contributed by atoms with Crippen molar-refractivity contribution in [2.45, 2.75) is 0 Å². The van der Waals surface area contributed by atoms with Gasteiger partial charge >= 0.3 is 0 Å². The molecule has 20 heavy (non-hydrogen) atoms. The molecule has 0 aliphatic rings. The van der Waals surface area contributed by atoms with Gasteiger partial charge in [0.2, 0.25) is 0 Å². The Morgan fingerprint density at radius 1 is 1.05 bits per heavy atom. The van der Waals surface area contributed by atoms with Crippen LogP contribution >= 0.6 is 11.6 Å². The van der Waals surface area contributed by atoms with E-state index < -0.39 is 0 Å². The molecule has 0 aromatic heterocycles. The fourth-order valence-electron chi connectivity index (χ4n) is 1.14. The van der Waals surface area contributed by atoms with Gasteiger partial charge in [0.1, 0.15) is 5.84 Å². The van der Waals surface area contributed by atoms with Gasteiger partial charge in [-0.1, -0.05) is 41.9 Å². The highest BCUT2D eigenvalue weighted by atomic mass is 35.5. The lowest BCUT2D eigenvalue weighted by molar-refractivity contribution is 0.311. The average Bonchev–Trinajstić information content (AvgIpc) is 2.51. The van der Waals surface area contributed by atoms with E-state index >= 15 is 0 Å². The highest BCUT2D eigenvalue weighted by Crippen LogP contribution is 2.07. The molecule has 0 fully saturated rings. The molecule has 104 valence electrons. The minimum absolute atomic E-state index is 0.121. The summed E-state index contributed by atoms with van der Waals surface area (Å²) in [6.45, 7) is 0. The second-order valence-corrected chi connectivity index (χ2v) is 3.83. The molecule has 0 heterocycles. The van der Waals surface area contributed by atoms with E-state index in [1.807, 2.05) is 36.4 Å². The van der Waals surface area contributed by atoms with E-state index in [2.05, 4.69) is 5.90 Å². The van der Waals surface area contributed by atoms with E-state index in [9.17, 15) is 0 Å². The Labute approximate surface area is 122 Å². The molecule has 5 nitrogen and oxygen atoms in total. The lowest BCUT2D eigenvalue weighted by Crippen LogP contribution is -2.10. The maximum atomic E-state index is 8.34. The van der Waals surface area contributed by atoms with Crippen molar-refractivity contribution in [3.63, 3.8) is 0 Å². The lowest BCUT2D eigenvalue weighted by Gasteiger charge is -1.93. The monoisotopic (exact) mass is 290 g/mol. The second-order valence-electron chi connectivity index (χ2n) is 3.40. The van der Waals surface area contributed by atoms with Crippen LogP contribution < -0.4 is 11.6 Å². The van der Waals surface area contributed by atoms with Crippen molar-refractivity contribution < 1.29 is 5.21 Å². The van der Waals surface area contributed by atoms with Crippen LogP contribution in [0.25, 0.3) is 0 Å². The molecule has 0 aliphatic carbocycles. The molecule has 0 spiro atoms. The van der Waals surface area contributed by atoms with Gasteiger partial charge in [-0.2, -0.15) is 5.26 Å². The zero-order valence-electron chi connectivity index (χ0n) is 10.6. The molecule has 2 aromatic rings. The largest absolute Gasteiger partial charge is 0.384 e. The third kappa shape index (κ3) is 7.13. The summed E-state index contributed by atoms with van der Waals surface area (Å²) >= 11 is 5.56. The van der Waals surface area contributed by atoms with Crippen molar-refractivity contribution >= 4 is 17.4 Å². The minimum Gasteiger partial charge on any atom is -0.384 e. The standard InChI is InChI=1S/C7H4ClN.C7H8N2.H3NO/c8-7-3-1-6(5-9)2-4-7;8-7(9)6-4-2-1-3-5-6;1-2/h1-4H;1-5H,(H3,8,9);2H,1H2. The van der Waals surface area contributed by atoms with Gasteiger partial charge in [0.05, 0.1) is 11.6 Å². The Hall–Kier alpha value is -2.39. The quantitative estimate of drug-likeness (QED) is 0.366. The average molecular weight is 291 g/mol. The number of halogens is 1. The third-order valence-electron chi connectivity index (χ3n) is 2.06. The summed E-state index contributed by atoms with van der Waals surface area (Å²) in [7, 11) is 0. The van der Waals surface area contributed by atoms with E-state index in [-0.39, 0.29) is 5.84 Å². The van der Waals surface area contributed by atoms with Gasteiger partial charge in [0.25, 0.3) is 0 Å². The summed E-state index contributed by atoms with van der Waals surface area (Å²) in [6, 6.07) is 18.0. The number of nitrogens with one attached hydrogen (secondary N) is 1. The molecule has 2 rings (SSSR count). The minimum atomic E-state index is 0.121. The summed E-state index contributed by atoms with van der Waals surface area (Å²) < 4.78 is 0. The van der Waals surface area contributed by atoms with Crippen LogP contribution in [0.2, 0.25) is 5.02 Å². The molecule has 2 aromatic carbocycles. The van der Waals surface area contributed by atoms with E-state index in [0.717, 1.165) is 5.56 Å². The van der Waals surface area contributed by atoms with Crippen molar-refractivity contribution in [3.8, 4) is 6.07 Å². The molecule has 0 amide bonds. The predicted molar refractivity (Wildman–Crippen MR) is 79.6 cm³/mol. The van der Waals surface area contributed by atoms with Crippen LogP contribution in [0, 0.1) is 16.7 Å². The summed E-state index contributed by atoms with van der Waals surface area (Å²) in [5.74, 6) is 3.62. The van der Waals surface area contributed by atoms with Crippen LogP contribution in [0.4, 0.5) is 0 Å². The van der Waals surface area contributed by atoms with Crippen LogP contribution in [-0.2, 0) is 0 Å². The van der Waals surface area contributed by atoms with Crippen molar-refractivity contribution in [1.82, 2.24) is 0 Å². The van der Waals surface area contributed by atoms with Crippen LogP contribution in [-0.4, -0.2) is 11.0 Å². The maximum Gasteiger partial charge on any atom is 0.122 e. The molecule has 0 unspecified atom stereocenters. The molecular formula is C14H15ClN4O. The maximum absolute atomic E-state index is 8.34.